The highest BCUT2D eigenvalue weighted by atomic mass is 32.2. The Kier molecular flexibility index (Phi) is 4.80. The second-order valence-corrected chi connectivity index (χ2v) is 7.56. The summed E-state index contributed by atoms with van der Waals surface area (Å²) in [6, 6.07) is 10.0. The lowest BCUT2D eigenvalue weighted by Gasteiger charge is -2.07. The Morgan fingerprint density at radius 3 is 2.54 bits per heavy atom. The van der Waals surface area contributed by atoms with Gasteiger partial charge in [0.2, 0.25) is 15.8 Å². The van der Waals surface area contributed by atoms with Crippen molar-refractivity contribution < 1.29 is 27.1 Å². The number of aryl methyl sites for hydroxylation is 1. The summed E-state index contributed by atoms with van der Waals surface area (Å²) < 4.78 is 45.5. The number of carboxylic acid groups (broad SMARTS) is 1. The van der Waals surface area contributed by atoms with Gasteiger partial charge in [-0.3, -0.25) is 0 Å². The van der Waals surface area contributed by atoms with E-state index in [0.29, 0.717) is 23.0 Å². The lowest BCUT2D eigenvalue weighted by Crippen LogP contribution is -2.26. The summed E-state index contributed by atoms with van der Waals surface area (Å²) in [6.07, 6.45) is 0.412. The largest absolute Gasteiger partial charge is 0.475 e. The number of fused-ring (bicyclic) bond motifs is 1. The standard InChI is InChI=1S/C18H16FNO5S/c1-11-15-10-14(6-7-16(15)25-17(11)18(21)22)26(23,24)20-9-8-12-2-4-13(19)5-3-12/h2-7,10,20H,8-9H2,1H3,(H,21,22). The molecule has 3 aromatic rings. The molecule has 2 aromatic carbocycles. The van der Waals surface area contributed by atoms with E-state index in [-0.39, 0.29) is 23.0 Å². The lowest BCUT2D eigenvalue weighted by atomic mass is 10.1. The third kappa shape index (κ3) is 3.61. The number of halogens is 1. The molecule has 3 rings (SSSR count). The zero-order valence-corrected chi connectivity index (χ0v) is 14.6. The first kappa shape index (κ1) is 18.1. The summed E-state index contributed by atoms with van der Waals surface area (Å²) >= 11 is 0. The summed E-state index contributed by atoms with van der Waals surface area (Å²) in [7, 11) is -3.77. The number of hydrogen-bond donors (Lipinski definition) is 2. The minimum atomic E-state index is -3.77. The van der Waals surface area contributed by atoms with Crippen molar-refractivity contribution in [1.82, 2.24) is 4.72 Å². The van der Waals surface area contributed by atoms with Crippen LogP contribution in [0.15, 0.2) is 51.8 Å². The number of furan rings is 1. The van der Waals surface area contributed by atoms with E-state index in [2.05, 4.69) is 4.72 Å². The smallest absolute Gasteiger partial charge is 0.372 e. The van der Waals surface area contributed by atoms with Gasteiger partial charge in [-0.15, -0.1) is 0 Å². The number of aromatic carboxylic acids is 1. The van der Waals surface area contributed by atoms with E-state index in [9.17, 15) is 17.6 Å². The van der Waals surface area contributed by atoms with Crippen LogP contribution >= 0.6 is 0 Å². The number of sulfonamides is 1. The maximum atomic E-state index is 12.9. The molecular weight excluding hydrogens is 361 g/mol. The highest BCUT2D eigenvalue weighted by Gasteiger charge is 2.20. The van der Waals surface area contributed by atoms with E-state index < -0.39 is 16.0 Å². The zero-order valence-electron chi connectivity index (χ0n) is 13.8. The van der Waals surface area contributed by atoms with Crippen LogP contribution in [0.5, 0.6) is 0 Å². The summed E-state index contributed by atoms with van der Waals surface area (Å²) in [5.41, 5.74) is 1.49. The monoisotopic (exact) mass is 377 g/mol. The Morgan fingerprint density at radius 2 is 1.88 bits per heavy atom. The molecule has 0 unspecified atom stereocenters. The fraction of sp³-hybridized carbons (Fsp3) is 0.167. The first-order chi connectivity index (χ1) is 12.3. The van der Waals surface area contributed by atoms with Crippen LogP contribution in [0.2, 0.25) is 0 Å². The summed E-state index contributed by atoms with van der Waals surface area (Å²) in [6.45, 7) is 1.71. The lowest BCUT2D eigenvalue weighted by molar-refractivity contribution is 0.0664. The third-order valence-corrected chi connectivity index (χ3v) is 5.49. The van der Waals surface area contributed by atoms with E-state index in [1.807, 2.05) is 0 Å². The quantitative estimate of drug-likeness (QED) is 0.688. The van der Waals surface area contributed by atoms with Gasteiger partial charge in [-0.2, -0.15) is 0 Å². The Hall–Kier alpha value is -2.71. The number of hydrogen-bond acceptors (Lipinski definition) is 4. The highest BCUT2D eigenvalue weighted by Crippen LogP contribution is 2.27. The van der Waals surface area contributed by atoms with Gasteiger partial charge in [-0.1, -0.05) is 12.1 Å². The maximum absolute atomic E-state index is 12.9. The molecule has 0 aliphatic rings. The molecule has 0 aliphatic heterocycles. The van der Waals surface area contributed by atoms with Gasteiger partial charge in [0.05, 0.1) is 4.90 Å². The van der Waals surface area contributed by atoms with Gasteiger partial charge in [0, 0.05) is 17.5 Å². The molecule has 0 saturated heterocycles. The molecule has 1 aromatic heterocycles. The normalized spacial score (nSPS) is 11.8. The van der Waals surface area contributed by atoms with E-state index in [4.69, 9.17) is 9.52 Å². The van der Waals surface area contributed by atoms with Crippen molar-refractivity contribution in [1.29, 1.82) is 0 Å². The van der Waals surface area contributed by atoms with Crippen molar-refractivity contribution in [3.63, 3.8) is 0 Å². The first-order valence-corrected chi connectivity index (χ1v) is 9.27. The predicted molar refractivity (Wildman–Crippen MR) is 93.2 cm³/mol. The van der Waals surface area contributed by atoms with Crippen molar-refractivity contribution in [2.75, 3.05) is 6.54 Å². The van der Waals surface area contributed by atoms with E-state index >= 15 is 0 Å². The first-order valence-electron chi connectivity index (χ1n) is 7.78. The van der Waals surface area contributed by atoms with Gasteiger partial charge in [-0.05, 0) is 49.2 Å². The SMILES string of the molecule is Cc1c(C(=O)O)oc2ccc(S(=O)(=O)NCCc3ccc(F)cc3)cc12. The van der Waals surface area contributed by atoms with Crippen molar-refractivity contribution in [3.8, 4) is 0 Å². The number of carbonyl (C=O) groups is 1. The number of benzene rings is 2. The van der Waals surface area contributed by atoms with Crippen LogP contribution in [0, 0.1) is 12.7 Å². The topological polar surface area (TPSA) is 96.6 Å². The van der Waals surface area contributed by atoms with Gasteiger partial charge in [-0.25, -0.2) is 22.3 Å². The molecule has 136 valence electrons. The predicted octanol–water partition coefficient (Wildman–Crippen LogP) is 3.10. The summed E-state index contributed by atoms with van der Waals surface area (Å²) in [5, 5.41) is 9.52. The fourth-order valence-electron chi connectivity index (χ4n) is 2.64. The molecule has 0 fully saturated rings. The molecule has 0 spiro atoms. The molecule has 0 radical (unpaired) electrons. The van der Waals surface area contributed by atoms with Crippen molar-refractivity contribution in [2.45, 2.75) is 18.2 Å². The molecule has 6 nitrogen and oxygen atoms in total. The van der Waals surface area contributed by atoms with Crippen LogP contribution in [0.4, 0.5) is 4.39 Å². The minimum Gasteiger partial charge on any atom is -0.475 e. The fourth-order valence-corrected chi connectivity index (χ4v) is 3.69. The van der Waals surface area contributed by atoms with Crippen molar-refractivity contribution >= 4 is 27.0 Å². The Balaban J connectivity index is 1.79. The number of rotatable bonds is 6. The molecular formula is C18H16FNO5S. The second kappa shape index (κ2) is 6.89. The van der Waals surface area contributed by atoms with E-state index in [1.54, 1.807) is 19.1 Å². The summed E-state index contributed by atoms with van der Waals surface area (Å²) in [4.78, 5) is 11.1. The van der Waals surface area contributed by atoms with Gasteiger partial charge in [0.15, 0.2) is 0 Å². The van der Waals surface area contributed by atoms with Crippen LogP contribution in [0.3, 0.4) is 0 Å². The van der Waals surface area contributed by atoms with E-state index in [1.165, 1.54) is 30.3 Å². The van der Waals surface area contributed by atoms with E-state index in [0.717, 1.165) is 5.56 Å². The molecule has 0 aliphatic carbocycles. The second-order valence-electron chi connectivity index (χ2n) is 5.79. The maximum Gasteiger partial charge on any atom is 0.372 e. The van der Waals surface area contributed by atoms with Gasteiger partial charge < -0.3 is 9.52 Å². The minimum absolute atomic E-state index is 0.0185. The average molecular weight is 377 g/mol. The molecule has 0 amide bonds. The molecule has 1 heterocycles. The van der Waals surface area contributed by atoms with Crippen LogP contribution in [-0.4, -0.2) is 26.0 Å². The third-order valence-electron chi connectivity index (χ3n) is 4.03. The van der Waals surface area contributed by atoms with Crippen LogP contribution in [0.1, 0.15) is 21.7 Å². The van der Waals surface area contributed by atoms with Crippen molar-refractivity contribution in [3.05, 3.63) is 65.2 Å². The Morgan fingerprint density at radius 1 is 1.19 bits per heavy atom. The molecule has 8 heteroatoms. The van der Waals surface area contributed by atoms with Crippen LogP contribution in [0.25, 0.3) is 11.0 Å². The molecule has 2 N–H and O–H groups in total. The average Bonchev–Trinajstić information content (AvgIpc) is 2.93. The molecule has 0 bridgehead atoms. The van der Waals surface area contributed by atoms with Crippen LogP contribution < -0.4 is 4.72 Å². The number of nitrogens with one attached hydrogen (secondary N) is 1. The molecule has 0 atom stereocenters. The zero-order chi connectivity index (χ0) is 18.9. The molecule has 26 heavy (non-hydrogen) atoms. The van der Waals surface area contributed by atoms with Gasteiger partial charge >= 0.3 is 5.97 Å². The Labute approximate surface area is 149 Å². The molecule has 0 saturated carbocycles. The van der Waals surface area contributed by atoms with Gasteiger partial charge in [0.1, 0.15) is 11.4 Å². The van der Waals surface area contributed by atoms with Crippen molar-refractivity contribution in [2.24, 2.45) is 0 Å². The van der Waals surface area contributed by atoms with Crippen LogP contribution in [-0.2, 0) is 16.4 Å². The number of carboxylic acids is 1. The Bertz CT molecular complexity index is 1070. The highest BCUT2D eigenvalue weighted by molar-refractivity contribution is 7.89. The summed E-state index contributed by atoms with van der Waals surface area (Å²) in [5.74, 6) is -1.77. The van der Waals surface area contributed by atoms with Gasteiger partial charge in [0.25, 0.3) is 0 Å².